The zero-order chi connectivity index (χ0) is 14.4. The van der Waals surface area contributed by atoms with E-state index >= 15 is 0 Å². The van der Waals surface area contributed by atoms with Gasteiger partial charge in [-0.05, 0) is 38.5 Å². The van der Waals surface area contributed by atoms with Crippen molar-refractivity contribution in [1.29, 1.82) is 0 Å². The minimum absolute atomic E-state index is 0.0565. The quantitative estimate of drug-likeness (QED) is 0.448. The molecule has 0 heterocycles. The summed E-state index contributed by atoms with van der Waals surface area (Å²) < 4.78 is 26.3. The Balaban J connectivity index is 1.70. The van der Waals surface area contributed by atoms with E-state index in [4.69, 9.17) is 0 Å². The molecule has 3 N–H and O–H groups in total. The summed E-state index contributed by atoms with van der Waals surface area (Å²) in [6.07, 6.45) is 5.87. The Kier molecular flexibility index (Phi) is 5.65. The monoisotopic (exact) mass is 302 g/mol. The molecule has 0 atom stereocenters. The molecule has 0 saturated heterocycles. The van der Waals surface area contributed by atoms with E-state index in [1.54, 1.807) is 0 Å². The smallest absolute Gasteiger partial charge is 0.213 e. The van der Waals surface area contributed by atoms with Gasteiger partial charge in [0.1, 0.15) is 0 Å². The number of aliphatic imine (C=N–C) groups is 1. The Labute approximate surface area is 121 Å². The van der Waals surface area contributed by atoms with Gasteiger partial charge in [-0.2, -0.15) is 0 Å². The number of guanidine groups is 1. The molecule has 6 nitrogen and oxygen atoms in total. The summed E-state index contributed by atoms with van der Waals surface area (Å²) in [5.74, 6) is 1.33. The average molecular weight is 302 g/mol. The maximum absolute atomic E-state index is 11.8. The first-order chi connectivity index (χ1) is 9.59. The topological polar surface area (TPSA) is 82.6 Å². The molecule has 0 aliphatic heterocycles. The van der Waals surface area contributed by atoms with Gasteiger partial charge in [-0.15, -0.1) is 0 Å². The Morgan fingerprint density at radius 3 is 2.55 bits per heavy atom. The van der Waals surface area contributed by atoms with Gasteiger partial charge in [0, 0.05) is 19.1 Å². The number of hydrogen-bond acceptors (Lipinski definition) is 3. The highest BCUT2D eigenvalue weighted by molar-refractivity contribution is 7.89. The van der Waals surface area contributed by atoms with Gasteiger partial charge in [-0.1, -0.05) is 6.42 Å². The minimum atomic E-state index is -3.19. The lowest BCUT2D eigenvalue weighted by Gasteiger charge is -2.25. The molecular weight excluding hydrogens is 276 g/mol. The normalized spacial score (nSPS) is 20.6. The van der Waals surface area contributed by atoms with Crippen molar-refractivity contribution in [3.63, 3.8) is 0 Å². The average Bonchev–Trinajstić information content (AvgIpc) is 3.10. The molecule has 2 aliphatic carbocycles. The standard InChI is InChI=1S/C13H26N4O2S/c1-2-14-13(17-12-6-7-12)15-8-9-20(18,19)16-10-11-4-3-5-11/h11-12,16H,2-10H2,1H3,(H2,14,15,17). The molecule has 0 radical (unpaired) electrons. The van der Waals surface area contributed by atoms with Crippen LogP contribution in [0.25, 0.3) is 0 Å². The van der Waals surface area contributed by atoms with Gasteiger partial charge in [-0.25, -0.2) is 13.1 Å². The van der Waals surface area contributed by atoms with Crippen LogP contribution >= 0.6 is 0 Å². The van der Waals surface area contributed by atoms with Crippen molar-refractivity contribution in [1.82, 2.24) is 15.4 Å². The van der Waals surface area contributed by atoms with E-state index in [-0.39, 0.29) is 5.75 Å². The van der Waals surface area contributed by atoms with Crippen molar-refractivity contribution in [2.45, 2.75) is 45.1 Å². The van der Waals surface area contributed by atoms with Crippen LogP contribution in [0.5, 0.6) is 0 Å². The van der Waals surface area contributed by atoms with Crippen molar-refractivity contribution in [3.8, 4) is 0 Å². The van der Waals surface area contributed by atoms with Crippen molar-refractivity contribution < 1.29 is 8.42 Å². The predicted molar refractivity (Wildman–Crippen MR) is 81.3 cm³/mol. The number of rotatable bonds is 8. The van der Waals surface area contributed by atoms with Crippen LogP contribution in [-0.2, 0) is 10.0 Å². The number of hydrogen-bond donors (Lipinski definition) is 3. The van der Waals surface area contributed by atoms with E-state index in [9.17, 15) is 8.42 Å². The largest absolute Gasteiger partial charge is 0.357 e. The Morgan fingerprint density at radius 2 is 2.00 bits per heavy atom. The molecule has 7 heteroatoms. The number of nitrogens with one attached hydrogen (secondary N) is 3. The van der Waals surface area contributed by atoms with Gasteiger partial charge in [0.25, 0.3) is 0 Å². The summed E-state index contributed by atoms with van der Waals surface area (Å²) in [5, 5.41) is 6.40. The highest BCUT2D eigenvalue weighted by Gasteiger charge is 2.22. The summed E-state index contributed by atoms with van der Waals surface area (Å²) in [6, 6.07) is 0.515. The second-order valence-electron chi connectivity index (χ2n) is 5.64. The van der Waals surface area contributed by atoms with Crippen LogP contribution in [-0.4, -0.2) is 45.8 Å². The van der Waals surface area contributed by atoms with Crippen LogP contribution in [0.1, 0.15) is 39.0 Å². The molecule has 116 valence electrons. The molecular formula is C13H26N4O2S. The fraction of sp³-hybridized carbons (Fsp3) is 0.923. The summed E-state index contributed by atoms with van der Waals surface area (Å²) >= 11 is 0. The summed E-state index contributed by atoms with van der Waals surface area (Å²) in [6.45, 7) is 3.67. The lowest BCUT2D eigenvalue weighted by molar-refractivity contribution is 0.316. The molecule has 0 bridgehead atoms. The first kappa shape index (κ1) is 15.6. The Bertz CT molecular complexity index is 428. The molecule has 2 aliphatic rings. The van der Waals surface area contributed by atoms with Crippen LogP contribution in [0.3, 0.4) is 0 Å². The molecule has 0 unspecified atom stereocenters. The predicted octanol–water partition coefficient (Wildman–Crippen LogP) is 0.423. The first-order valence-corrected chi connectivity index (χ1v) is 9.26. The first-order valence-electron chi connectivity index (χ1n) is 7.61. The highest BCUT2D eigenvalue weighted by Crippen LogP contribution is 2.25. The number of nitrogens with zero attached hydrogens (tertiary/aromatic N) is 1. The fourth-order valence-corrected chi connectivity index (χ4v) is 3.00. The second kappa shape index (κ2) is 7.26. The fourth-order valence-electron chi connectivity index (χ4n) is 2.03. The maximum Gasteiger partial charge on any atom is 0.213 e. The number of sulfonamides is 1. The Morgan fingerprint density at radius 1 is 1.25 bits per heavy atom. The van der Waals surface area contributed by atoms with Gasteiger partial charge in [-0.3, -0.25) is 4.99 Å². The minimum Gasteiger partial charge on any atom is -0.357 e. The van der Waals surface area contributed by atoms with E-state index in [1.807, 2.05) is 6.92 Å². The van der Waals surface area contributed by atoms with Gasteiger partial charge in [0.2, 0.25) is 10.0 Å². The zero-order valence-electron chi connectivity index (χ0n) is 12.2. The molecule has 0 aromatic heterocycles. The summed E-state index contributed by atoms with van der Waals surface area (Å²) in [4.78, 5) is 4.32. The molecule has 2 saturated carbocycles. The van der Waals surface area contributed by atoms with Gasteiger partial charge in [0.05, 0.1) is 12.3 Å². The van der Waals surface area contributed by atoms with E-state index < -0.39 is 10.0 Å². The van der Waals surface area contributed by atoms with Gasteiger partial charge >= 0.3 is 0 Å². The molecule has 0 aromatic carbocycles. The van der Waals surface area contributed by atoms with Crippen LogP contribution in [0, 0.1) is 5.92 Å². The van der Waals surface area contributed by atoms with Crippen molar-refractivity contribution >= 4 is 16.0 Å². The summed E-state index contributed by atoms with van der Waals surface area (Å²) in [7, 11) is -3.19. The molecule has 0 aromatic rings. The van der Waals surface area contributed by atoms with Crippen molar-refractivity contribution in [2.24, 2.45) is 10.9 Å². The maximum atomic E-state index is 11.8. The Hall–Kier alpha value is -0.820. The molecule has 0 spiro atoms. The summed E-state index contributed by atoms with van der Waals surface area (Å²) in [5.41, 5.74) is 0. The lowest BCUT2D eigenvalue weighted by Crippen LogP contribution is -2.39. The third-order valence-electron chi connectivity index (χ3n) is 3.71. The SMILES string of the molecule is CCNC(=NCCS(=O)(=O)NCC1CCC1)NC1CC1. The van der Waals surface area contributed by atoms with Crippen LogP contribution in [0.15, 0.2) is 4.99 Å². The third-order valence-corrected chi connectivity index (χ3v) is 5.04. The highest BCUT2D eigenvalue weighted by atomic mass is 32.2. The third kappa shape index (κ3) is 5.66. The van der Waals surface area contributed by atoms with Gasteiger partial charge in [0.15, 0.2) is 5.96 Å². The molecule has 20 heavy (non-hydrogen) atoms. The van der Waals surface area contributed by atoms with Crippen molar-refractivity contribution in [2.75, 3.05) is 25.4 Å². The zero-order valence-corrected chi connectivity index (χ0v) is 13.0. The van der Waals surface area contributed by atoms with Crippen LogP contribution in [0.4, 0.5) is 0 Å². The second-order valence-corrected chi connectivity index (χ2v) is 7.57. The van der Waals surface area contributed by atoms with E-state index in [1.165, 1.54) is 19.3 Å². The van der Waals surface area contributed by atoms with E-state index in [0.717, 1.165) is 25.3 Å². The molecule has 2 rings (SSSR count). The van der Waals surface area contributed by atoms with Crippen LogP contribution < -0.4 is 15.4 Å². The van der Waals surface area contributed by atoms with Crippen molar-refractivity contribution in [3.05, 3.63) is 0 Å². The van der Waals surface area contributed by atoms with E-state index in [0.29, 0.717) is 25.0 Å². The van der Waals surface area contributed by atoms with E-state index in [2.05, 4.69) is 20.3 Å². The molecule has 0 amide bonds. The van der Waals surface area contributed by atoms with Crippen LogP contribution in [0.2, 0.25) is 0 Å². The lowest BCUT2D eigenvalue weighted by atomic mass is 9.86. The molecule has 2 fully saturated rings. The van der Waals surface area contributed by atoms with Gasteiger partial charge < -0.3 is 10.6 Å².